The molecule has 0 aliphatic rings. The van der Waals surface area contributed by atoms with Gasteiger partial charge in [-0.3, -0.25) is 15.5 Å². The third-order valence-corrected chi connectivity index (χ3v) is 1.94. The van der Waals surface area contributed by atoms with E-state index in [4.69, 9.17) is 0 Å². The van der Waals surface area contributed by atoms with Gasteiger partial charge in [0.15, 0.2) is 0 Å². The Morgan fingerprint density at radius 3 is 2.35 bits per heavy atom. The normalized spacial score (nSPS) is 10.9. The van der Waals surface area contributed by atoms with Crippen molar-refractivity contribution in [3.63, 3.8) is 0 Å². The number of benzene rings is 1. The molecule has 0 aliphatic carbocycles. The molecule has 5 heteroatoms. The number of hydrogen-bond donors (Lipinski definition) is 1. The molecule has 0 bridgehead atoms. The van der Waals surface area contributed by atoms with Crippen LogP contribution in [0.2, 0.25) is 0 Å². The zero-order valence-electron chi connectivity index (χ0n) is 10.1. The standard InChI is InChI=1S/C12H15N3O2/c1-9(2)8-10(3)13-14-11-4-6-12(7-5-11)15(16)17/h4-8,14H,1-3H3. The zero-order chi connectivity index (χ0) is 12.8. The minimum atomic E-state index is -0.429. The molecular weight excluding hydrogens is 218 g/mol. The van der Waals surface area contributed by atoms with Gasteiger partial charge in [0.2, 0.25) is 0 Å². The van der Waals surface area contributed by atoms with Crippen molar-refractivity contribution >= 4 is 17.1 Å². The van der Waals surface area contributed by atoms with Crippen molar-refractivity contribution < 1.29 is 4.92 Å². The van der Waals surface area contributed by atoms with Crippen molar-refractivity contribution in [2.45, 2.75) is 20.8 Å². The molecule has 5 nitrogen and oxygen atoms in total. The molecule has 17 heavy (non-hydrogen) atoms. The zero-order valence-corrected chi connectivity index (χ0v) is 10.1. The summed E-state index contributed by atoms with van der Waals surface area (Å²) in [6, 6.07) is 6.12. The van der Waals surface area contributed by atoms with Crippen molar-refractivity contribution in [3.05, 3.63) is 46.0 Å². The first-order valence-corrected chi connectivity index (χ1v) is 5.18. The third kappa shape index (κ3) is 4.46. The molecule has 0 saturated carbocycles. The Morgan fingerprint density at radius 2 is 1.88 bits per heavy atom. The van der Waals surface area contributed by atoms with E-state index in [1.54, 1.807) is 12.1 Å². The lowest BCUT2D eigenvalue weighted by Gasteiger charge is -2.00. The molecule has 0 heterocycles. The molecule has 1 N–H and O–H groups in total. The highest BCUT2D eigenvalue weighted by Crippen LogP contribution is 2.15. The lowest BCUT2D eigenvalue weighted by Crippen LogP contribution is -1.95. The van der Waals surface area contributed by atoms with E-state index in [9.17, 15) is 10.1 Å². The summed E-state index contributed by atoms with van der Waals surface area (Å²) in [5.41, 5.74) is 5.64. The van der Waals surface area contributed by atoms with Crippen LogP contribution in [0.4, 0.5) is 11.4 Å². The Balaban J connectivity index is 2.70. The first-order valence-electron chi connectivity index (χ1n) is 5.18. The molecule has 0 radical (unpaired) electrons. The van der Waals surface area contributed by atoms with Gasteiger partial charge >= 0.3 is 0 Å². The monoisotopic (exact) mass is 233 g/mol. The minimum Gasteiger partial charge on any atom is -0.278 e. The second-order valence-corrected chi connectivity index (χ2v) is 3.89. The smallest absolute Gasteiger partial charge is 0.269 e. The molecule has 1 rings (SSSR count). The van der Waals surface area contributed by atoms with Gasteiger partial charge in [0.25, 0.3) is 5.69 Å². The third-order valence-electron chi connectivity index (χ3n) is 1.94. The second kappa shape index (κ2) is 5.79. The summed E-state index contributed by atoms with van der Waals surface area (Å²) < 4.78 is 0. The van der Waals surface area contributed by atoms with Crippen molar-refractivity contribution in [1.82, 2.24) is 0 Å². The highest BCUT2D eigenvalue weighted by Gasteiger charge is 2.02. The number of rotatable bonds is 4. The number of nitrogens with zero attached hydrogens (tertiary/aromatic N) is 2. The summed E-state index contributed by atoms with van der Waals surface area (Å²) in [5.74, 6) is 0. The van der Waals surface area contributed by atoms with Crippen LogP contribution in [0.25, 0.3) is 0 Å². The van der Waals surface area contributed by atoms with E-state index in [0.717, 1.165) is 17.0 Å². The number of allylic oxidation sites excluding steroid dienone is 2. The van der Waals surface area contributed by atoms with Crippen LogP contribution in [0.3, 0.4) is 0 Å². The molecule has 0 unspecified atom stereocenters. The maximum absolute atomic E-state index is 10.4. The summed E-state index contributed by atoms with van der Waals surface area (Å²) in [6.45, 7) is 5.86. The quantitative estimate of drug-likeness (QED) is 0.492. The van der Waals surface area contributed by atoms with Gasteiger partial charge < -0.3 is 0 Å². The van der Waals surface area contributed by atoms with Crippen LogP contribution in [-0.4, -0.2) is 10.6 Å². The number of nitro groups is 1. The maximum atomic E-state index is 10.4. The molecule has 0 aliphatic heterocycles. The predicted octanol–water partition coefficient (Wildman–Crippen LogP) is 3.35. The molecule has 0 aromatic heterocycles. The maximum Gasteiger partial charge on any atom is 0.269 e. The molecule has 0 spiro atoms. The number of nitrogens with one attached hydrogen (secondary N) is 1. The van der Waals surface area contributed by atoms with Gasteiger partial charge in [0, 0.05) is 12.1 Å². The van der Waals surface area contributed by atoms with Gasteiger partial charge in [-0.25, -0.2) is 0 Å². The lowest BCUT2D eigenvalue weighted by atomic mass is 10.2. The Hall–Kier alpha value is -2.17. The van der Waals surface area contributed by atoms with Crippen molar-refractivity contribution in [2.24, 2.45) is 5.10 Å². The highest BCUT2D eigenvalue weighted by atomic mass is 16.6. The average Bonchev–Trinajstić information content (AvgIpc) is 2.26. The molecule has 0 fully saturated rings. The molecule has 90 valence electrons. The molecule has 1 aromatic rings. The van der Waals surface area contributed by atoms with E-state index in [1.807, 2.05) is 26.8 Å². The van der Waals surface area contributed by atoms with Gasteiger partial charge in [-0.15, -0.1) is 0 Å². The van der Waals surface area contributed by atoms with Crippen molar-refractivity contribution in [1.29, 1.82) is 0 Å². The predicted molar refractivity (Wildman–Crippen MR) is 69.3 cm³/mol. The molecular formula is C12H15N3O2. The molecule has 0 atom stereocenters. The number of non-ortho nitro benzene ring substituents is 1. The van der Waals surface area contributed by atoms with Gasteiger partial charge in [0.05, 0.1) is 16.3 Å². The first-order chi connectivity index (χ1) is 7.99. The van der Waals surface area contributed by atoms with Crippen LogP contribution in [-0.2, 0) is 0 Å². The first kappa shape index (κ1) is 12.9. The highest BCUT2D eigenvalue weighted by molar-refractivity contribution is 5.93. The second-order valence-electron chi connectivity index (χ2n) is 3.89. The molecule has 1 aromatic carbocycles. The van der Waals surface area contributed by atoms with Gasteiger partial charge in [-0.2, -0.15) is 5.10 Å². The number of nitro benzene ring substituents is 1. The Bertz CT molecular complexity index is 457. The minimum absolute atomic E-state index is 0.0700. The summed E-state index contributed by atoms with van der Waals surface area (Å²) >= 11 is 0. The van der Waals surface area contributed by atoms with Crippen molar-refractivity contribution in [3.8, 4) is 0 Å². The fourth-order valence-electron chi connectivity index (χ4n) is 1.26. The van der Waals surface area contributed by atoms with Crippen LogP contribution in [0.5, 0.6) is 0 Å². The number of anilines is 1. The van der Waals surface area contributed by atoms with Crippen LogP contribution in [0.15, 0.2) is 41.0 Å². The largest absolute Gasteiger partial charge is 0.278 e. The fraction of sp³-hybridized carbons (Fsp3) is 0.250. The summed E-state index contributed by atoms with van der Waals surface area (Å²) in [7, 11) is 0. The van der Waals surface area contributed by atoms with Crippen LogP contribution < -0.4 is 5.43 Å². The average molecular weight is 233 g/mol. The Labute approximate surface area is 100.0 Å². The van der Waals surface area contributed by atoms with Crippen LogP contribution >= 0.6 is 0 Å². The summed E-state index contributed by atoms with van der Waals surface area (Å²) in [6.07, 6.45) is 1.94. The van der Waals surface area contributed by atoms with Crippen LogP contribution in [0, 0.1) is 10.1 Å². The van der Waals surface area contributed by atoms with Crippen LogP contribution in [0.1, 0.15) is 20.8 Å². The van der Waals surface area contributed by atoms with Gasteiger partial charge in [-0.05, 0) is 39.0 Å². The SMILES string of the molecule is CC(C)=CC(C)=NNc1ccc([N+](=O)[O-])cc1. The van der Waals surface area contributed by atoms with E-state index < -0.39 is 4.92 Å². The van der Waals surface area contributed by atoms with Gasteiger partial charge in [-0.1, -0.05) is 5.57 Å². The summed E-state index contributed by atoms with van der Waals surface area (Å²) in [5, 5.41) is 14.6. The Kier molecular flexibility index (Phi) is 4.39. The van der Waals surface area contributed by atoms with E-state index in [0.29, 0.717) is 0 Å². The fourth-order valence-corrected chi connectivity index (χ4v) is 1.26. The number of hydrogen-bond acceptors (Lipinski definition) is 4. The van der Waals surface area contributed by atoms with Crippen molar-refractivity contribution in [2.75, 3.05) is 5.43 Å². The van der Waals surface area contributed by atoms with E-state index >= 15 is 0 Å². The van der Waals surface area contributed by atoms with E-state index in [-0.39, 0.29) is 5.69 Å². The lowest BCUT2D eigenvalue weighted by molar-refractivity contribution is -0.384. The Morgan fingerprint density at radius 1 is 1.29 bits per heavy atom. The topological polar surface area (TPSA) is 67.5 Å². The summed E-state index contributed by atoms with van der Waals surface area (Å²) in [4.78, 5) is 10.0. The van der Waals surface area contributed by atoms with E-state index in [1.165, 1.54) is 12.1 Å². The molecule has 0 saturated heterocycles. The van der Waals surface area contributed by atoms with Gasteiger partial charge in [0.1, 0.15) is 0 Å². The number of hydrazone groups is 1. The molecule has 0 amide bonds. The van der Waals surface area contributed by atoms with E-state index in [2.05, 4.69) is 10.5 Å².